The Balaban J connectivity index is 1.74. The smallest absolute Gasteiger partial charge is 0.238 e. The second kappa shape index (κ2) is 5.47. The number of carbonyl (C=O) groups excluding carboxylic acids is 1. The lowest BCUT2D eigenvalue weighted by molar-refractivity contribution is -0.130. The Morgan fingerprint density at radius 3 is 2.67 bits per heavy atom. The van der Waals surface area contributed by atoms with Gasteiger partial charge >= 0.3 is 0 Å². The van der Waals surface area contributed by atoms with Crippen molar-refractivity contribution in [2.45, 2.75) is 32.1 Å². The van der Waals surface area contributed by atoms with Crippen molar-refractivity contribution in [3.8, 4) is 0 Å². The van der Waals surface area contributed by atoms with Gasteiger partial charge < -0.3 is 5.32 Å². The summed E-state index contributed by atoms with van der Waals surface area (Å²) in [7, 11) is 0. The number of hydrogen-bond donors (Lipinski definition) is 2. The molecule has 0 aliphatic carbocycles. The SMILES string of the molecule is O=C(NN1CCCCC1)[C@@H]1CCCNC1. The van der Waals surface area contributed by atoms with Crippen LogP contribution in [0.15, 0.2) is 0 Å². The largest absolute Gasteiger partial charge is 0.316 e. The molecule has 0 saturated carbocycles. The summed E-state index contributed by atoms with van der Waals surface area (Å²) in [6, 6.07) is 0. The third-order valence-corrected chi connectivity index (χ3v) is 3.29. The van der Waals surface area contributed by atoms with Crippen molar-refractivity contribution in [1.29, 1.82) is 0 Å². The van der Waals surface area contributed by atoms with E-state index >= 15 is 0 Å². The van der Waals surface area contributed by atoms with Gasteiger partial charge in [-0.05, 0) is 32.2 Å². The van der Waals surface area contributed by atoms with Crippen LogP contribution in [-0.2, 0) is 4.79 Å². The van der Waals surface area contributed by atoms with Crippen molar-refractivity contribution < 1.29 is 4.79 Å². The van der Waals surface area contributed by atoms with E-state index in [1.807, 2.05) is 0 Å². The predicted octanol–water partition coefficient (Wildman–Crippen LogP) is 0.503. The van der Waals surface area contributed by atoms with Gasteiger partial charge in [0.05, 0.1) is 5.92 Å². The first-order valence-corrected chi connectivity index (χ1v) is 6.12. The number of nitrogens with one attached hydrogen (secondary N) is 2. The number of piperidine rings is 2. The van der Waals surface area contributed by atoms with Crippen molar-refractivity contribution in [3.63, 3.8) is 0 Å². The zero-order valence-electron chi connectivity index (χ0n) is 9.30. The molecule has 0 radical (unpaired) electrons. The highest BCUT2D eigenvalue weighted by atomic mass is 16.2. The summed E-state index contributed by atoms with van der Waals surface area (Å²) in [4.78, 5) is 11.9. The third kappa shape index (κ3) is 3.18. The monoisotopic (exact) mass is 211 g/mol. The molecule has 0 aromatic heterocycles. The van der Waals surface area contributed by atoms with Gasteiger partial charge in [0.15, 0.2) is 0 Å². The van der Waals surface area contributed by atoms with Crippen molar-refractivity contribution in [3.05, 3.63) is 0 Å². The molecule has 0 spiro atoms. The maximum atomic E-state index is 11.9. The molecule has 1 atom stereocenters. The van der Waals surface area contributed by atoms with Crippen LogP contribution in [0.4, 0.5) is 0 Å². The molecule has 86 valence electrons. The highest BCUT2D eigenvalue weighted by Crippen LogP contribution is 2.11. The van der Waals surface area contributed by atoms with Crippen LogP contribution >= 0.6 is 0 Å². The molecule has 4 nitrogen and oxygen atoms in total. The summed E-state index contributed by atoms with van der Waals surface area (Å²) in [5.74, 6) is 0.393. The summed E-state index contributed by atoms with van der Waals surface area (Å²) < 4.78 is 0. The molecule has 0 aromatic rings. The fraction of sp³-hybridized carbons (Fsp3) is 0.909. The van der Waals surface area contributed by atoms with E-state index in [-0.39, 0.29) is 11.8 Å². The zero-order valence-corrected chi connectivity index (χ0v) is 9.30. The standard InChI is InChI=1S/C11H21N3O/c15-11(10-5-4-6-12-9-10)13-14-7-2-1-3-8-14/h10,12H,1-9H2,(H,13,15)/t10-/m1/s1. The van der Waals surface area contributed by atoms with Crippen LogP contribution in [0.5, 0.6) is 0 Å². The van der Waals surface area contributed by atoms with Crippen molar-refractivity contribution in [2.24, 2.45) is 5.92 Å². The lowest BCUT2D eigenvalue weighted by Crippen LogP contribution is -2.49. The topological polar surface area (TPSA) is 44.4 Å². The second-order valence-corrected chi connectivity index (χ2v) is 4.57. The van der Waals surface area contributed by atoms with Gasteiger partial charge in [-0.1, -0.05) is 6.42 Å². The quantitative estimate of drug-likeness (QED) is 0.699. The van der Waals surface area contributed by atoms with E-state index in [4.69, 9.17) is 0 Å². The molecule has 2 N–H and O–H groups in total. The average molecular weight is 211 g/mol. The number of nitrogens with zero attached hydrogens (tertiary/aromatic N) is 1. The molecule has 2 rings (SSSR count). The molecule has 2 saturated heterocycles. The number of hydrogen-bond acceptors (Lipinski definition) is 3. The first kappa shape index (κ1) is 10.9. The van der Waals surface area contributed by atoms with Gasteiger partial charge in [0.2, 0.25) is 5.91 Å². The van der Waals surface area contributed by atoms with Gasteiger partial charge in [0.1, 0.15) is 0 Å². The van der Waals surface area contributed by atoms with Crippen LogP contribution in [0.2, 0.25) is 0 Å². The Hall–Kier alpha value is -0.610. The van der Waals surface area contributed by atoms with E-state index < -0.39 is 0 Å². The number of hydrazine groups is 1. The minimum absolute atomic E-state index is 0.181. The normalized spacial score (nSPS) is 28.7. The van der Waals surface area contributed by atoms with Crippen molar-refractivity contribution in [2.75, 3.05) is 26.2 Å². The van der Waals surface area contributed by atoms with Crippen LogP contribution in [0.3, 0.4) is 0 Å². The molecule has 2 aliphatic rings. The molecule has 2 heterocycles. The van der Waals surface area contributed by atoms with Gasteiger partial charge in [-0.25, -0.2) is 5.01 Å². The average Bonchev–Trinajstić information content (AvgIpc) is 2.31. The van der Waals surface area contributed by atoms with Gasteiger partial charge in [0.25, 0.3) is 0 Å². The van der Waals surface area contributed by atoms with Gasteiger partial charge in [-0.15, -0.1) is 0 Å². The molecule has 2 aliphatic heterocycles. The third-order valence-electron chi connectivity index (χ3n) is 3.29. The first-order chi connectivity index (χ1) is 7.36. The fourth-order valence-electron chi connectivity index (χ4n) is 2.33. The van der Waals surface area contributed by atoms with E-state index in [0.29, 0.717) is 0 Å². The van der Waals surface area contributed by atoms with E-state index in [1.165, 1.54) is 19.3 Å². The second-order valence-electron chi connectivity index (χ2n) is 4.57. The van der Waals surface area contributed by atoms with Crippen molar-refractivity contribution in [1.82, 2.24) is 15.8 Å². The molecule has 1 amide bonds. The molecule has 0 bridgehead atoms. The molecule has 15 heavy (non-hydrogen) atoms. The van der Waals surface area contributed by atoms with Gasteiger partial charge in [-0.3, -0.25) is 10.2 Å². The Kier molecular flexibility index (Phi) is 3.97. The van der Waals surface area contributed by atoms with Crippen LogP contribution in [0, 0.1) is 5.92 Å². The fourth-order valence-corrected chi connectivity index (χ4v) is 2.33. The van der Waals surface area contributed by atoms with E-state index in [2.05, 4.69) is 15.8 Å². The lowest BCUT2D eigenvalue weighted by Gasteiger charge is -2.30. The predicted molar refractivity (Wildman–Crippen MR) is 59.2 cm³/mol. The van der Waals surface area contributed by atoms with Crippen LogP contribution < -0.4 is 10.7 Å². The minimum atomic E-state index is 0.181. The Morgan fingerprint density at radius 2 is 2.00 bits per heavy atom. The molecule has 2 fully saturated rings. The van der Waals surface area contributed by atoms with Gasteiger partial charge in [0, 0.05) is 19.6 Å². The lowest BCUT2D eigenvalue weighted by atomic mass is 9.99. The summed E-state index contributed by atoms with van der Waals surface area (Å²) >= 11 is 0. The van der Waals surface area contributed by atoms with Crippen LogP contribution in [-0.4, -0.2) is 37.1 Å². The molecular formula is C11H21N3O. The summed E-state index contributed by atoms with van der Waals surface area (Å²) in [6.07, 6.45) is 5.88. The highest BCUT2D eigenvalue weighted by Gasteiger charge is 2.22. The number of carbonyl (C=O) groups is 1. The zero-order chi connectivity index (χ0) is 10.5. The van der Waals surface area contributed by atoms with E-state index in [0.717, 1.165) is 39.0 Å². The Morgan fingerprint density at radius 1 is 1.20 bits per heavy atom. The molecule has 0 unspecified atom stereocenters. The van der Waals surface area contributed by atoms with Crippen LogP contribution in [0.25, 0.3) is 0 Å². The summed E-state index contributed by atoms with van der Waals surface area (Å²) in [6.45, 7) is 3.95. The number of amides is 1. The Bertz CT molecular complexity index is 208. The first-order valence-electron chi connectivity index (χ1n) is 6.12. The maximum absolute atomic E-state index is 11.9. The molecule has 0 aromatic carbocycles. The summed E-state index contributed by atoms with van der Waals surface area (Å²) in [5, 5.41) is 5.36. The van der Waals surface area contributed by atoms with Crippen molar-refractivity contribution >= 4 is 5.91 Å². The van der Waals surface area contributed by atoms with Gasteiger partial charge in [-0.2, -0.15) is 0 Å². The highest BCUT2D eigenvalue weighted by molar-refractivity contribution is 5.78. The number of rotatable bonds is 2. The maximum Gasteiger partial charge on any atom is 0.238 e. The van der Waals surface area contributed by atoms with Crippen LogP contribution in [0.1, 0.15) is 32.1 Å². The summed E-state index contributed by atoms with van der Waals surface area (Å²) in [5.41, 5.74) is 3.04. The van der Waals surface area contributed by atoms with E-state index in [1.54, 1.807) is 0 Å². The molecular weight excluding hydrogens is 190 g/mol. The minimum Gasteiger partial charge on any atom is -0.316 e. The van der Waals surface area contributed by atoms with E-state index in [9.17, 15) is 4.79 Å². The molecule has 4 heteroatoms. The Labute approximate surface area is 91.4 Å².